The van der Waals surface area contributed by atoms with Crippen molar-refractivity contribution in [2.24, 2.45) is 0 Å². The number of nitrogens with one attached hydrogen (secondary N) is 1. The van der Waals surface area contributed by atoms with Gasteiger partial charge in [0.15, 0.2) is 11.5 Å². The fraction of sp³-hybridized carbons (Fsp3) is 0.429. The molecule has 3 N–H and O–H groups in total. The molecule has 1 fully saturated rings. The first-order valence-electron chi connectivity index (χ1n) is 6.66. The number of urea groups is 1. The second-order valence-electron chi connectivity index (χ2n) is 4.90. The van der Waals surface area contributed by atoms with E-state index in [9.17, 15) is 19.8 Å². The molecule has 0 aliphatic carbocycles. The van der Waals surface area contributed by atoms with Crippen LogP contribution in [0.1, 0.15) is 24.8 Å². The van der Waals surface area contributed by atoms with Gasteiger partial charge in [0.25, 0.3) is 0 Å². The van der Waals surface area contributed by atoms with E-state index in [-0.39, 0.29) is 24.0 Å². The van der Waals surface area contributed by atoms with Crippen molar-refractivity contribution in [1.29, 1.82) is 0 Å². The summed E-state index contributed by atoms with van der Waals surface area (Å²) in [5, 5.41) is 20.9. The van der Waals surface area contributed by atoms with Gasteiger partial charge in [-0.05, 0) is 37.0 Å². The third-order valence-corrected chi connectivity index (χ3v) is 3.29. The summed E-state index contributed by atoms with van der Waals surface area (Å²) in [6.07, 6.45) is 3.03. The number of hydrogen-bond donors (Lipinski definition) is 3. The molecule has 1 heterocycles. The molecular weight excluding hydrogens is 260 g/mol. The number of aromatic hydroxyl groups is 2. The van der Waals surface area contributed by atoms with Crippen molar-refractivity contribution in [3.05, 3.63) is 23.8 Å². The van der Waals surface area contributed by atoms with Crippen LogP contribution in [0.3, 0.4) is 0 Å². The van der Waals surface area contributed by atoms with Crippen LogP contribution in [-0.2, 0) is 11.2 Å². The number of piperidine rings is 1. The zero-order chi connectivity index (χ0) is 14.5. The monoisotopic (exact) mass is 278 g/mol. The summed E-state index contributed by atoms with van der Waals surface area (Å²) < 4.78 is 0. The number of nitrogens with zero attached hydrogens (tertiary/aromatic N) is 1. The number of amides is 3. The summed E-state index contributed by atoms with van der Waals surface area (Å²) in [6, 6.07) is 3.78. The van der Waals surface area contributed by atoms with E-state index in [0.29, 0.717) is 18.7 Å². The number of rotatable bonds is 2. The maximum Gasteiger partial charge on any atom is 0.324 e. The van der Waals surface area contributed by atoms with Gasteiger partial charge in [0.2, 0.25) is 5.91 Å². The highest BCUT2D eigenvalue weighted by molar-refractivity contribution is 5.95. The average molecular weight is 278 g/mol. The molecule has 1 aromatic carbocycles. The molecule has 0 saturated carbocycles. The van der Waals surface area contributed by atoms with Crippen molar-refractivity contribution < 1.29 is 19.8 Å². The Balaban J connectivity index is 1.88. The lowest BCUT2D eigenvalue weighted by atomic mass is 10.1. The third kappa shape index (κ3) is 3.63. The molecule has 1 aliphatic rings. The number of carbonyl (C=O) groups is 2. The number of likely N-dealkylation sites (tertiary alicyclic amines) is 1. The Labute approximate surface area is 117 Å². The zero-order valence-electron chi connectivity index (χ0n) is 11.1. The summed E-state index contributed by atoms with van der Waals surface area (Å²) in [5.74, 6) is -0.943. The van der Waals surface area contributed by atoms with Crippen molar-refractivity contribution in [2.45, 2.75) is 25.7 Å². The number of phenolic OH excluding ortho intramolecular Hbond substituents is 2. The molecule has 0 bridgehead atoms. The van der Waals surface area contributed by atoms with Crippen LogP contribution in [0.15, 0.2) is 18.2 Å². The number of benzene rings is 1. The Morgan fingerprint density at radius 3 is 2.45 bits per heavy atom. The molecule has 0 radical (unpaired) electrons. The van der Waals surface area contributed by atoms with E-state index in [2.05, 4.69) is 5.32 Å². The quantitative estimate of drug-likeness (QED) is 0.713. The fourth-order valence-corrected chi connectivity index (χ4v) is 2.20. The Bertz CT molecular complexity index is 510. The first kappa shape index (κ1) is 14.2. The summed E-state index contributed by atoms with van der Waals surface area (Å²) in [4.78, 5) is 25.2. The molecule has 1 aliphatic heterocycles. The molecule has 2 rings (SSSR count). The summed E-state index contributed by atoms with van der Waals surface area (Å²) in [6.45, 7) is 1.36. The lowest BCUT2D eigenvalue weighted by Gasteiger charge is -2.26. The van der Waals surface area contributed by atoms with Crippen LogP contribution in [0.4, 0.5) is 4.79 Å². The molecule has 1 aromatic rings. The third-order valence-electron chi connectivity index (χ3n) is 3.29. The van der Waals surface area contributed by atoms with Gasteiger partial charge >= 0.3 is 6.03 Å². The molecule has 108 valence electrons. The zero-order valence-corrected chi connectivity index (χ0v) is 11.1. The Hall–Kier alpha value is -2.24. The predicted octanol–water partition coefficient (Wildman–Crippen LogP) is 1.36. The van der Waals surface area contributed by atoms with E-state index < -0.39 is 5.91 Å². The smallest absolute Gasteiger partial charge is 0.324 e. The number of imide groups is 1. The van der Waals surface area contributed by atoms with E-state index in [1.165, 1.54) is 18.2 Å². The van der Waals surface area contributed by atoms with Gasteiger partial charge in [0.1, 0.15) is 0 Å². The minimum Gasteiger partial charge on any atom is -0.504 e. The standard InChI is InChI=1S/C14H18N2O4/c17-11-5-4-10(8-12(11)18)9-13(19)15-14(20)16-6-2-1-3-7-16/h4-5,8,17-18H,1-3,6-7,9H2,(H,15,19,20). The number of phenols is 2. The maximum absolute atomic E-state index is 11.8. The van der Waals surface area contributed by atoms with Crippen LogP contribution < -0.4 is 5.32 Å². The Morgan fingerprint density at radius 1 is 1.10 bits per heavy atom. The molecule has 0 aromatic heterocycles. The van der Waals surface area contributed by atoms with Gasteiger partial charge < -0.3 is 15.1 Å². The highest BCUT2D eigenvalue weighted by Crippen LogP contribution is 2.24. The summed E-state index contributed by atoms with van der Waals surface area (Å²) >= 11 is 0. The van der Waals surface area contributed by atoms with E-state index >= 15 is 0 Å². The van der Waals surface area contributed by atoms with Crippen molar-refractivity contribution in [3.8, 4) is 11.5 Å². The van der Waals surface area contributed by atoms with Gasteiger partial charge in [-0.2, -0.15) is 0 Å². The van der Waals surface area contributed by atoms with Crippen LogP contribution in [0.2, 0.25) is 0 Å². The molecule has 20 heavy (non-hydrogen) atoms. The topological polar surface area (TPSA) is 89.9 Å². The van der Waals surface area contributed by atoms with Gasteiger partial charge in [-0.25, -0.2) is 4.79 Å². The molecule has 0 unspecified atom stereocenters. The molecule has 0 spiro atoms. The van der Waals surface area contributed by atoms with Gasteiger partial charge in [0, 0.05) is 13.1 Å². The Kier molecular flexibility index (Phi) is 4.45. The van der Waals surface area contributed by atoms with Crippen molar-refractivity contribution in [3.63, 3.8) is 0 Å². The largest absolute Gasteiger partial charge is 0.504 e. The van der Waals surface area contributed by atoms with Crippen molar-refractivity contribution in [1.82, 2.24) is 10.2 Å². The van der Waals surface area contributed by atoms with Crippen LogP contribution in [0, 0.1) is 0 Å². The highest BCUT2D eigenvalue weighted by atomic mass is 16.3. The molecule has 3 amide bonds. The van der Waals surface area contributed by atoms with E-state index in [1.54, 1.807) is 4.90 Å². The summed E-state index contributed by atoms with van der Waals surface area (Å²) in [7, 11) is 0. The second kappa shape index (κ2) is 6.27. The van der Waals surface area contributed by atoms with E-state index in [4.69, 9.17) is 0 Å². The fourth-order valence-electron chi connectivity index (χ4n) is 2.20. The van der Waals surface area contributed by atoms with Crippen LogP contribution in [0.25, 0.3) is 0 Å². The number of carbonyl (C=O) groups excluding carboxylic acids is 2. The summed E-state index contributed by atoms with van der Waals surface area (Å²) in [5.41, 5.74) is 0.532. The highest BCUT2D eigenvalue weighted by Gasteiger charge is 2.18. The molecule has 6 nitrogen and oxygen atoms in total. The molecule has 1 saturated heterocycles. The van der Waals surface area contributed by atoms with Crippen molar-refractivity contribution in [2.75, 3.05) is 13.1 Å². The minimum atomic E-state index is -0.425. The van der Waals surface area contributed by atoms with Crippen molar-refractivity contribution >= 4 is 11.9 Å². The Morgan fingerprint density at radius 2 is 1.80 bits per heavy atom. The lowest BCUT2D eigenvalue weighted by Crippen LogP contribution is -2.45. The van der Waals surface area contributed by atoms with Gasteiger partial charge in [-0.3, -0.25) is 10.1 Å². The molecule has 6 heteroatoms. The normalized spacial score (nSPS) is 14.9. The number of hydrogen-bond acceptors (Lipinski definition) is 4. The first-order valence-corrected chi connectivity index (χ1v) is 6.66. The van der Waals surface area contributed by atoms with Crippen LogP contribution in [0.5, 0.6) is 11.5 Å². The molecular formula is C14H18N2O4. The SMILES string of the molecule is O=C(Cc1ccc(O)c(O)c1)NC(=O)N1CCCCC1. The maximum atomic E-state index is 11.8. The lowest BCUT2D eigenvalue weighted by molar-refractivity contribution is -0.119. The minimum absolute atomic E-state index is 0.0204. The predicted molar refractivity (Wildman–Crippen MR) is 72.4 cm³/mol. The van der Waals surface area contributed by atoms with Crippen LogP contribution >= 0.6 is 0 Å². The van der Waals surface area contributed by atoms with E-state index in [1.807, 2.05) is 0 Å². The van der Waals surface area contributed by atoms with Gasteiger partial charge in [0.05, 0.1) is 6.42 Å². The second-order valence-corrected chi connectivity index (χ2v) is 4.90. The van der Waals surface area contributed by atoms with Crippen LogP contribution in [-0.4, -0.2) is 40.1 Å². The van der Waals surface area contributed by atoms with Gasteiger partial charge in [-0.15, -0.1) is 0 Å². The average Bonchev–Trinajstić information content (AvgIpc) is 2.44. The first-order chi connectivity index (χ1) is 9.56. The molecule has 0 atom stereocenters. The van der Waals surface area contributed by atoms with Gasteiger partial charge in [-0.1, -0.05) is 6.07 Å². The van der Waals surface area contributed by atoms with E-state index in [0.717, 1.165) is 19.3 Å².